The van der Waals surface area contributed by atoms with Crippen LogP contribution < -0.4 is 5.73 Å². The molecule has 2 amide bonds. The lowest BCUT2D eigenvalue weighted by molar-refractivity contribution is -0.152. The summed E-state index contributed by atoms with van der Waals surface area (Å²) < 4.78 is 1.63. The van der Waals surface area contributed by atoms with E-state index < -0.39 is 0 Å². The molecule has 6 nitrogen and oxygen atoms in total. The predicted molar refractivity (Wildman–Crippen MR) is 66.4 cm³/mol. The molecule has 2 N–H and O–H groups in total. The number of anilines is 1. The van der Waals surface area contributed by atoms with Crippen LogP contribution in [0.2, 0.25) is 0 Å². The van der Waals surface area contributed by atoms with Crippen LogP contribution in [0.3, 0.4) is 0 Å². The van der Waals surface area contributed by atoms with Crippen molar-refractivity contribution in [3.8, 4) is 0 Å². The van der Waals surface area contributed by atoms with E-state index in [2.05, 4.69) is 5.10 Å². The van der Waals surface area contributed by atoms with E-state index in [-0.39, 0.29) is 17.2 Å². The molecule has 1 aliphatic rings. The van der Waals surface area contributed by atoms with Gasteiger partial charge in [0.2, 0.25) is 11.8 Å². The molecule has 0 bridgehead atoms. The monoisotopic (exact) mass is 250 g/mol. The van der Waals surface area contributed by atoms with E-state index in [1.54, 1.807) is 17.1 Å². The quantitative estimate of drug-likeness (QED) is 0.798. The Morgan fingerprint density at radius 2 is 1.89 bits per heavy atom. The zero-order chi connectivity index (χ0) is 13.3. The molecule has 1 aromatic rings. The van der Waals surface area contributed by atoms with Crippen LogP contribution >= 0.6 is 0 Å². The summed E-state index contributed by atoms with van der Waals surface area (Å²) in [7, 11) is 0. The van der Waals surface area contributed by atoms with Crippen molar-refractivity contribution in [2.75, 3.05) is 12.3 Å². The van der Waals surface area contributed by atoms with E-state index >= 15 is 0 Å². The van der Waals surface area contributed by atoms with E-state index in [0.29, 0.717) is 31.6 Å². The molecule has 0 saturated carbocycles. The van der Waals surface area contributed by atoms with Crippen molar-refractivity contribution in [2.45, 2.75) is 33.2 Å². The SMILES string of the molecule is CC1(C)CC(=O)N(CCn2cc(N)cn2)C(=O)C1. The Hall–Kier alpha value is -1.85. The van der Waals surface area contributed by atoms with Crippen LogP contribution in [0.25, 0.3) is 0 Å². The van der Waals surface area contributed by atoms with Gasteiger partial charge in [0.05, 0.1) is 18.4 Å². The van der Waals surface area contributed by atoms with Gasteiger partial charge in [0.25, 0.3) is 0 Å². The van der Waals surface area contributed by atoms with E-state index in [0.717, 1.165) is 0 Å². The van der Waals surface area contributed by atoms with Crippen molar-refractivity contribution in [1.29, 1.82) is 0 Å². The molecule has 0 spiro atoms. The number of hydrogen-bond donors (Lipinski definition) is 1. The zero-order valence-electron chi connectivity index (χ0n) is 10.7. The van der Waals surface area contributed by atoms with Crippen LogP contribution in [-0.4, -0.2) is 33.0 Å². The third-order valence-corrected chi connectivity index (χ3v) is 3.07. The Labute approximate surface area is 106 Å². The van der Waals surface area contributed by atoms with Crippen LogP contribution in [0, 0.1) is 5.41 Å². The molecule has 1 aromatic heterocycles. The number of aromatic nitrogens is 2. The minimum absolute atomic E-state index is 0.101. The molecule has 98 valence electrons. The lowest BCUT2D eigenvalue weighted by Crippen LogP contribution is -2.47. The van der Waals surface area contributed by atoms with Crippen LogP contribution in [0.5, 0.6) is 0 Å². The number of likely N-dealkylation sites (tertiary alicyclic amines) is 1. The highest BCUT2D eigenvalue weighted by Crippen LogP contribution is 2.31. The van der Waals surface area contributed by atoms with Gasteiger partial charge in [-0.15, -0.1) is 0 Å². The largest absolute Gasteiger partial charge is 0.396 e. The van der Waals surface area contributed by atoms with Gasteiger partial charge in [0, 0.05) is 25.6 Å². The maximum Gasteiger partial charge on any atom is 0.229 e. The summed E-state index contributed by atoms with van der Waals surface area (Å²) in [4.78, 5) is 25.1. The first-order chi connectivity index (χ1) is 8.37. The average Bonchev–Trinajstić information content (AvgIpc) is 2.61. The fourth-order valence-electron chi connectivity index (χ4n) is 2.16. The van der Waals surface area contributed by atoms with E-state index in [1.165, 1.54) is 4.90 Å². The summed E-state index contributed by atoms with van der Waals surface area (Å²) in [6, 6.07) is 0. The lowest BCUT2D eigenvalue weighted by Gasteiger charge is -2.34. The summed E-state index contributed by atoms with van der Waals surface area (Å²) in [6.07, 6.45) is 4.06. The topological polar surface area (TPSA) is 81.2 Å². The molecular formula is C12H18N4O2. The smallest absolute Gasteiger partial charge is 0.229 e. The Morgan fingerprint density at radius 1 is 1.28 bits per heavy atom. The van der Waals surface area contributed by atoms with Crippen molar-refractivity contribution in [3.63, 3.8) is 0 Å². The standard InChI is InChI=1S/C12H18N4O2/c1-12(2)5-10(17)16(11(18)6-12)4-3-15-8-9(13)7-14-15/h7-8H,3-6,13H2,1-2H3. The molecule has 0 aromatic carbocycles. The summed E-state index contributed by atoms with van der Waals surface area (Å²) in [5.41, 5.74) is 5.90. The predicted octanol–water partition coefficient (Wildman–Crippen LogP) is 0.640. The fourth-order valence-corrected chi connectivity index (χ4v) is 2.16. The van der Waals surface area contributed by atoms with Crippen molar-refractivity contribution in [3.05, 3.63) is 12.4 Å². The van der Waals surface area contributed by atoms with E-state index in [9.17, 15) is 9.59 Å². The minimum Gasteiger partial charge on any atom is -0.396 e. The molecule has 2 rings (SSSR count). The maximum absolute atomic E-state index is 11.9. The molecule has 0 aliphatic carbocycles. The average molecular weight is 250 g/mol. The zero-order valence-corrected chi connectivity index (χ0v) is 10.7. The molecule has 2 heterocycles. The fraction of sp³-hybridized carbons (Fsp3) is 0.583. The van der Waals surface area contributed by atoms with Crippen molar-refractivity contribution >= 4 is 17.5 Å². The third kappa shape index (κ3) is 2.69. The number of imide groups is 1. The van der Waals surface area contributed by atoms with Crippen LogP contribution in [-0.2, 0) is 16.1 Å². The van der Waals surface area contributed by atoms with E-state index in [4.69, 9.17) is 5.73 Å². The lowest BCUT2D eigenvalue weighted by atomic mass is 9.82. The second-order valence-corrected chi connectivity index (χ2v) is 5.49. The Morgan fingerprint density at radius 3 is 2.39 bits per heavy atom. The number of nitrogen functional groups attached to an aromatic ring is 1. The Kier molecular flexibility index (Phi) is 3.11. The second kappa shape index (κ2) is 4.44. The van der Waals surface area contributed by atoms with Crippen molar-refractivity contribution in [2.24, 2.45) is 5.41 Å². The molecule has 0 atom stereocenters. The van der Waals surface area contributed by atoms with Crippen LogP contribution in [0.1, 0.15) is 26.7 Å². The van der Waals surface area contributed by atoms with Crippen LogP contribution in [0.4, 0.5) is 5.69 Å². The summed E-state index contributed by atoms with van der Waals surface area (Å²) in [5, 5.41) is 4.02. The van der Waals surface area contributed by atoms with Gasteiger partial charge in [-0.3, -0.25) is 19.2 Å². The third-order valence-electron chi connectivity index (χ3n) is 3.07. The number of rotatable bonds is 3. The van der Waals surface area contributed by atoms with Gasteiger partial charge in [-0.2, -0.15) is 5.10 Å². The number of carbonyl (C=O) groups is 2. The Balaban J connectivity index is 1.97. The van der Waals surface area contributed by atoms with Gasteiger partial charge >= 0.3 is 0 Å². The highest BCUT2D eigenvalue weighted by atomic mass is 16.2. The minimum atomic E-state index is -0.221. The van der Waals surface area contributed by atoms with Gasteiger partial charge < -0.3 is 5.73 Å². The number of nitrogens with zero attached hydrogens (tertiary/aromatic N) is 3. The van der Waals surface area contributed by atoms with Crippen molar-refractivity contribution in [1.82, 2.24) is 14.7 Å². The molecule has 6 heteroatoms. The van der Waals surface area contributed by atoms with Crippen LogP contribution in [0.15, 0.2) is 12.4 Å². The maximum atomic E-state index is 11.9. The summed E-state index contributed by atoms with van der Waals surface area (Å²) in [6.45, 7) is 4.71. The second-order valence-electron chi connectivity index (χ2n) is 5.49. The highest BCUT2D eigenvalue weighted by Gasteiger charge is 2.36. The van der Waals surface area contributed by atoms with Crippen molar-refractivity contribution < 1.29 is 9.59 Å². The number of nitrogens with two attached hydrogens (primary N) is 1. The Bertz CT molecular complexity index is 458. The van der Waals surface area contributed by atoms with Gasteiger partial charge in [-0.05, 0) is 5.41 Å². The molecular weight excluding hydrogens is 232 g/mol. The number of hydrogen-bond acceptors (Lipinski definition) is 4. The first kappa shape index (κ1) is 12.6. The number of amides is 2. The number of carbonyl (C=O) groups excluding carboxylic acids is 2. The molecule has 1 fully saturated rings. The first-order valence-electron chi connectivity index (χ1n) is 5.98. The number of piperidine rings is 1. The van der Waals surface area contributed by atoms with Gasteiger partial charge in [0.1, 0.15) is 0 Å². The van der Waals surface area contributed by atoms with E-state index in [1.807, 2.05) is 13.8 Å². The molecule has 0 radical (unpaired) electrons. The summed E-state index contributed by atoms with van der Waals surface area (Å²) in [5.74, 6) is -0.201. The summed E-state index contributed by atoms with van der Waals surface area (Å²) >= 11 is 0. The first-order valence-corrected chi connectivity index (χ1v) is 5.98. The highest BCUT2D eigenvalue weighted by molar-refractivity contribution is 5.98. The van der Waals surface area contributed by atoms with Gasteiger partial charge in [-0.25, -0.2) is 0 Å². The normalized spacial score (nSPS) is 19.3. The molecule has 18 heavy (non-hydrogen) atoms. The molecule has 1 saturated heterocycles. The van der Waals surface area contributed by atoms with Gasteiger partial charge in [0.15, 0.2) is 0 Å². The van der Waals surface area contributed by atoms with Gasteiger partial charge in [-0.1, -0.05) is 13.8 Å². The molecule has 0 unspecified atom stereocenters. The molecule has 1 aliphatic heterocycles.